The number of carbonyl (C=O) groups is 1. The van der Waals surface area contributed by atoms with Crippen molar-refractivity contribution in [3.8, 4) is 6.07 Å². The molecule has 1 N–H and O–H groups in total. The van der Waals surface area contributed by atoms with Crippen molar-refractivity contribution in [1.29, 1.82) is 5.26 Å². The van der Waals surface area contributed by atoms with Gasteiger partial charge in [0.2, 0.25) is 0 Å². The lowest BCUT2D eigenvalue weighted by atomic mass is 10.1. The lowest BCUT2D eigenvalue weighted by Gasteiger charge is -2.09. The highest BCUT2D eigenvalue weighted by Crippen LogP contribution is 2.31. The zero-order valence-corrected chi connectivity index (χ0v) is 14.4. The molecule has 0 heterocycles. The van der Waals surface area contributed by atoms with Crippen LogP contribution in [0.25, 0.3) is 6.08 Å². The zero-order valence-electron chi connectivity index (χ0n) is 11.4. The third kappa shape index (κ3) is 4.19. The number of hydrogen-bond acceptors (Lipinski definition) is 2. The van der Waals surface area contributed by atoms with Crippen LogP contribution < -0.4 is 5.32 Å². The Morgan fingerprint density at radius 1 is 0.957 bits per heavy atom. The minimum absolute atomic E-state index is 0.184. The molecule has 1 amide bonds. The van der Waals surface area contributed by atoms with Crippen molar-refractivity contribution in [1.82, 2.24) is 0 Å². The topological polar surface area (TPSA) is 52.9 Å². The Balaban J connectivity index is 2.37. The van der Waals surface area contributed by atoms with Gasteiger partial charge in [-0.2, -0.15) is 5.26 Å². The van der Waals surface area contributed by atoms with Gasteiger partial charge in [-0.05, 0) is 30.3 Å². The lowest BCUT2D eigenvalue weighted by molar-refractivity contribution is -0.112. The van der Waals surface area contributed by atoms with Crippen LogP contribution in [-0.2, 0) is 4.79 Å². The number of nitriles is 1. The van der Waals surface area contributed by atoms with Crippen molar-refractivity contribution >= 4 is 64.1 Å². The highest BCUT2D eigenvalue weighted by molar-refractivity contribution is 6.40. The summed E-state index contributed by atoms with van der Waals surface area (Å²) in [6, 6.07) is 11.5. The molecule has 2 aromatic rings. The Morgan fingerprint density at radius 3 is 1.91 bits per heavy atom. The fraction of sp³-hybridized carbons (Fsp3) is 0. The number of carbonyl (C=O) groups excluding carboxylic acids is 1. The average Bonchev–Trinajstić information content (AvgIpc) is 2.51. The molecular weight excluding hydrogens is 378 g/mol. The number of benzene rings is 2. The molecule has 0 unspecified atom stereocenters. The van der Waals surface area contributed by atoms with Gasteiger partial charge < -0.3 is 5.32 Å². The summed E-state index contributed by atoms with van der Waals surface area (Å²) in [5.74, 6) is -0.668. The fourth-order valence-corrected chi connectivity index (χ4v) is 2.74. The highest BCUT2D eigenvalue weighted by atomic mass is 35.5. The number of para-hydroxylation sites is 1. The molecule has 23 heavy (non-hydrogen) atoms. The van der Waals surface area contributed by atoms with Crippen LogP contribution >= 0.6 is 46.4 Å². The van der Waals surface area contributed by atoms with Crippen molar-refractivity contribution in [3.05, 3.63) is 67.6 Å². The smallest absolute Gasteiger partial charge is 0.266 e. The Hall–Kier alpha value is -1.70. The number of anilines is 1. The molecule has 0 saturated heterocycles. The van der Waals surface area contributed by atoms with E-state index in [1.807, 2.05) is 6.07 Å². The van der Waals surface area contributed by atoms with E-state index in [9.17, 15) is 10.1 Å². The standard InChI is InChI=1S/C16H8Cl4N2O/c17-11-3-1-4-12(18)10(11)7-9(8-21)16(23)22-15-13(19)5-2-6-14(15)20/h1-7H,(H,22,23). The first-order valence-electron chi connectivity index (χ1n) is 6.25. The first kappa shape index (κ1) is 17.7. The van der Waals surface area contributed by atoms with Crippen LogP contribution in [0.1, 0.15) is 5.56 Å². The molecule has 0 aliphatic rings. The van der Waals surface area contributed by atoms with Gasteiger partial charge >= 0.3 is 0 Å². The van der Waals surface area contributed by atoms with Gasteiger partial charge in [0.15, 0.2) is 0 Å². The van der Waals surface area contributed by atoms with E-state index in [-0.39, 0.29) is 21.3 Å². The second-order valence-corrected chi connectivity index (χ2v) is 5.98. The predicted octanol–water partition coefficient (Wildman–Crippen LogP) is 5.85. The van der Waals surface area contributed by atoms with E-state index in [2.05, 4.69) is 5.32 Å². The molecule has 116 valence electrons. The Bertz CT molecular complexity index is 800. The molecule has 3 nitrogen and oxygen atoms in total. The van der Waals surface area contributed by atoms with Crippen LogP contribution in [-0.4, -0.2) is 5.91 Å². The summed E-state index contributed by atoms with van der Waals surface area (Å²) in [6.45, 7) is 0. The summed E-state index contributed by atoms with van der Waals surface area (Å²) >= 11 is 24.0. The van der Waals surface area contributed by atoms with E-state index < -0.39 is 5.91 Å². The molecule has 0 radical (unpaired) electrons. The summed E-state index contributed by atoms with van der Waals surface area (Å²) < 4.78 is 0. The fourth-order valence-electron chi connectivity index (χ4n) is 1.74. The SMILES string of the molecule is N#CC(=Cc1c(Cl)cccc1Cl)C(=O)Nc1c(Cl)cccc1Cl. The van der Waals surface area contributed by atoms with Gasteiger partial charge in [-0.3, -0.25) is 4.79 Å². The summed E-state index contributed by atoms with van der Waals surface area (Å²) in [7, 11) is 0. The summed E-state index contributed by atoms with van der Waals surface area (Å²) in [5.41, 5.74) is 0.427. The van der Waals surface area contributed by atoms with Crippen molar-refractivity contribution in [2.24, 2.45) is 0 Å². The van der Waals surface area contributed by atoms with E-state index in [0.717, 1.165) is 0 Å². The molecule has 0 bridgehead atoms. The van der Waals surface area contributed by atoms with Crippen LogP contribution in [0, 0.1) is 11.3 Å². The molecule has 0 aliphatic carbocycles. The van der Waals surface area contributed by atoms with Crippen LogP contribution in [0.15, 0.2) is 42.0 Å². The van der Waals surface area contributed by atoms with Crippen molar-refractivity contribution in [2.45, 2.75) is 0 Å². The monoisotopic (exact) mass is 384 g/mol. The van der Waals surface area contributed by atoms with Gasteiger partial charge in [0.25, 0.3) is 5.91 Å². The van der Waals surface area contributed by atoms with Crippen molar-refractivity contribution in [2.75, 3.05) is 5.32 Å². The molecule has 0 fully saturated rings. The Kier molecular flexibility index (Phi) is 5.92. The average molecular weight is 386 g/mol. The van der Waals surface area contributed by atoms with E-state index in [1.54, 1.807) is 36.4 Å². The van der Waals surface area contributed by atoms with E-state index in [0.29, 0.717) is 15.6 Å². The maximum atomic E-state index is 12.3. The maximum Gasteiger partial charge on any atom is 0.266 e. The van der Waals surface area contributed by atoms with E-state index in [1.165, 1.54) is 6.08 Å². The van der Waals surface area contributed by atoms with Gasteiger partial charge in [0.05, 0.1) is 15.7 Å². The second-order valence-electron chi connectivity index (χ2n) is 4.36. The number of hydrogen-bond donors (Lipinski definition) is 1. The van der Waals surface area contributed by atoms with Gasteiger partial charge in [-0.15, -0.1) is 0 Å². The molecule has 0 aromatic heterocycles. The quantitative estimate of drug-likeness (QED) is 0.532. The van der Waals surface area contributed by atoms with Crippen LogP contribution in [0.3, 0.4) is 0 Å². The molecule has 2 aromatic carbocycles. The lowest BCUT2D eigenvalue weighted by Crippen LogP contribution is -2.14. The first-order valence-corrected chi connectivity index (χ1v) is 7.76. The number of amides is 1. The van der Waals surface area contributed by atoms with Gasteiger partial charge in [-0.1, -0.05) is 58.5 Å². The number of nitrogens with one attached hydrogen (secondary N) is 1. The van der Waals surface area contributed by atoms with E-state index in [4.69, 9.17) is 46.4 Å². The van der Waals surface area contributed by atoms with Crippen LogP contribution in [0.2, 0.25) is 20.1 Å². The van der Waals surface area contributed by atoms with Gasteiger partial charge in [0, 0.05) is 15.6 Å². The van der Waals surface area contributed by atoms with Gasteiger partial charge in [0.1, 0.15) is 11.6 Å². The Labute approximate surface area is 153 Å². The second kappa shape index (κ2) is 7.72. The molecule has 0 saturated carbocycles. The largest absolute Gasteiger partial charge is 0.319 e. The predicted molar refractivity (Wildman–Crippen MR) is 95.1 cm³/mol. The molecule has 2 rings (SSSR count). The number of rotatable bonds is 3. The molecule has 0 atom stereocenters. The minimum Gasteiger partial charge on any atom is -0.319 e. The van der Waals surface area contributed by atoms with Crippen molar-refractivity contribution < 1.29 is 4.79 Å². The van der Waals surface area contributed by atoms with E-state index >= 15 is 0 Å². The number of halogens is 4. The summed E-state index contributed by atoms with van der Waals surface area (Å²) in [6.07, 6.45) is 1.31. The number of nitrogens with zero attached hydrogens (tertiary/aromatic N) is 1. The summed E-state index contributed by atoms with van der Waals surface area (Å²) in [5, 5.41) is 12.9. The molecule has 0 spiro atoms. The molecular formula is C16H8Cl4N2O. The molecule has 0 aliphatic heterocycles. The summed E-state index contributed by atoms with van der Waals surface area (Å²) in [4.78, 5) is 12.3. The Morgan fingerprint density at radius 2 is 1.43 bits per heavy atom. The third-order valence-electron chi connectivity index (χ3n) is 2.85. The molecule has 7 heteroatoms. The highest BCUT2D eigenvalue weighted by Gasteiger charge is 2.15. The van der Waals surface area contributed by atoms with Gasteiger partial charge in [-0.25, -0.2) is 0 Å². The maximum absolute atomic E-state index is 12.3. The zero-order chi connectivity index (χ0) is 17.0. The van der Waals surface area contributed by atoms with Crippen LogP contribution in [0.5, 0.6) is 0 Å². The van der Waals surface area contributed by atoms with Crippen LogP contribution in [0.4, 0.5) is 5.69 Å². The normalized spacial score (nSPS) is 11.0. The first-order chi connectivity index (χ1) is 10.9. The van der Waals surface area contributed by atoms with Crippen molar-refractivity contribution in [3.63, 3.8) is 0 Å². The minimum atomic E-state index is -0.668. The third-order valence-corrected chi connectivity index (χ3v) is 4.14.